The van der Waals surface area contributed by atoms with E-state index in [0.717, 1.165) is 54.6 Å². The summed E-state index contributed by atoms with van der Waals surface area (Å²) in [5, 5.41) is 8.39. The third-order valence-electron chi connectivity index (χ3n) is 5.84. The minimum atomic E-state index is 0.269. The Labute approximate surface area is 175 Å². The molecule has 0 saturated carbocycles. The molecule has 0 aliphatic carbocycles. The van der Waals surface area contributed by atoms with Crippen LogP contribution in [-0.4, -0.2) is 35.0 Å². The second kappa shape index (κ2) is 8.09. The highest BCUT2D eigenvalue weighted by molar-refractivity contribution is 6.31. The van der Waals surface area contributed by atoms with Gasteiger partial charge in [-0.2, -0.15) is 5.10 Å². The number of nitrogens with zero attached hydrogens (tertiary/aromatic N) is 2. The van der Waals surface area contributed by atoms with Crippen molar-refractivity contribution in [3.63, 3.8) is 0 Å². The number of halogens is 1. The SMILES string of the molecule is Clc1cc2c(cc1CN1CCC[C@@H](c3[nH]ncc3Cc3ccccc3)C1)OCO2. The zero-order valence-electron chi connectivity index (χ0n) is 16.2. The minimum absolute atomic E-state index is 0.269. The van der Waals surface area contributed by atoms with Crippen LogP contribution in [0.25, 0.3) is 0 Å². The van der Waals surface area contributed by atoms with Crippen LogP contribution >= 0.6 is 11.6 Å². The fourth-order valence-corrected chi connectivity index (χ4v) is 4.60. The molecule has 2 aliphatic heterocycles. The van der Waals surface area contributed by atoms with Gasteiger partial charge in [0.05, 0.1) is 6.20 Å². The van der Waals surface area contributed by atoms with Gasteiger partial charge in [-0.1, -0.05) is 41.9 Å². The van der Waals surface area contributed by atoms with E-state index >= 15 is 0 Å². The number of hydrogen-bond donors (Lipinski definition) is 1. The molecule has 3 heterocycles. The Morgan fingerprint density at radius 1 is 1.10 bits per heavy atom. The van der Waals surface area contributed by atoms with Gasteiger partial charge in [-0.25, -0.2) is 0 Å². The summed E-state index contributed by atoms with van der Waals surface area (Å²) in [6, 6.07) is 14.5. The monoisotopic (exact) mass is 409 g/mol. The van der Waals surface area contributed by atoms with Gasteiger partial charge < -0.3 is 9.47 Å². The lowest BCUT2D eigenvalue weighted by Crippen LogP contribution is -2.34. The summed E-state index contributed by atoms with van der Waals surface area (Å²) < 4.78 is 10.9. The zero-order valence-corrected chi connectivity index (χ0v) is 17.0. The van der Waals surface area contributed by atoms with Crippen molar-refractivity contribution in [3.8, 4) is 11.5 Å². The van der Waals surface area contributed by atoms with E-state index in [9.17, 15) is 0 Å². The van der Waals surface area contributed by atoms with Gasteiger partial charge >= 0.3 is 0 Å². The van der Waals surface area contributed by atoms with E-state index in [4.69, 9.17) is 21.1 Å². The largest absolute Gasteiger partial charge is 0.454 e. The molecule has 0 amide bonds. The Balaban J connectivity index is 1.30. The van der Waals surface area contributed by atoms with Crippen LogP contribution in [0.5, 0.6) is 11.5 Å². The standard InChI is InChI=1S/C23H24ClN3O2/c24-20-11-22-21(28-15-29-22)10-19(20)14-27-8-4-7-17(13-27)23-18(12-25-26-23)9-16-5-2-1-3-6-16/h1-3,5-6,10-12,17H,4,7-9,13-15H2,(H,25,26)/t17-/m1/s1. The Bertz CT molecular complexity index is 989. The van der Waals surface area contributed by atoms with Gasteiger partial charge in [-0.15, -0.1) is 0 Å². The van der Waals surface area contributed by atoms with Crippen molar-refractivity contribution >= 4 is 11.6 Å². The lowest BCUT2D eigenvalue weighted by atomic mass is 9.90. The molecular formula is C23H24ClN3O2. The molecule has 1 atom stereocenters. The molecule has 0 bridgehead atoms. The molecule has 1 saturated heterocycles. The Kier molecular flexibility index (Phi) is 5.17. The molecule has 5 nitrogen and oxygen atoms in total. The molecule has 2 aliphatic rings. The molecule has 6 heteroatoms. The van der Waals surface area contributed by atoms with Crippen LogP contribution in [-0.2, 0) is 13.0 Å². The molecule has 2 aromatic carbocycles. The van der Waals surface area contributed by atoms with Crippen molar-refractivity contribution in [1.82, 2.24) is 15.1 Å². The summed E-state index contributed by atoms with van der Waals surface area (Å²) in [7, 11) is 0. The number of ether oxygens (including phenoxy) is 2. The van der Waals surface area contributed by atoms with Gasteiger partial charge in [-0.05, 0) is 42.1 Å². The molecule has 29 heavy (non-hydrogen) atoms. The second-order valence-corrected chi connectivity index (χ2v) is 8.25. The highest BCUT2D eigenvalue weighted by Crippen LogP contribution is 2.38. The van der Waals surface area contributed by atoms with Gasteiger partial charge in [-0.3, -0.25) is 10.00 Å². The van der Waals surface area contributed by atoms with E-state index in [1.807, 2.05) is 18.3 Å². The average molecular weight is 410 g/mol. The maximum atomic E-state index is 6.50. The fraction of sp³-hybridized carbons (Fsp3) is 0.348. The number of hydrogen-bond acceptors (Lipinski definition) is 4. The molecule has 1 aromatic heterocycles. The van der Waals surface area contributed by atoms with E-state index in [0.29, 0.717) is 5.92 Å². The number of piperidine rings is 1. The lowest BCUT2D eigenvalue weighted by molar-refractivity contribution is 0.173. The maximum Gasteiger partial charge on any atom is 0.231 e. The van der Waals surface area contributed by atoms with Crippen LogP contribution in [0.15, 0.2) is 48.7 Å². The van der Waals surface area contributed by atoms with E-state index in [1.54, 1.807) is 0 Å². The molecule has 1 fully saturated rings. The highest BCUT2D eigenvalue weighted by atomic mass is 35.5. The first-order valence-corrected chi connectivity index (χ1v) is 10.5. The fourth-order valence-electron chi connectivity index (χ4n) is 4.39. The average Bonchev–Trinajstić information content (AvgIpc) is 3.38. The Morgan fingerprint density at radius 2 is 1.93 bits per heavy atom. The summed E-state index contributed by atoms with van der Waals surface area (Å²) in [6.07, 6.45) is 5.24. The van der Waals surface area contributed by atoms with Crippen molar-refractivity contribution in [1.29, 1.82) is 0 Å². The third kappa shape index (κ3) is 3.98. The number of H-pyrrole nitrogens is 1. The van der Waals surface area contributed by atoms with Gasteiger partial charge in [0, 0.05) is 42.2 Å². The number of benzene rings is 2. The van der Waals surface area contributed by atoms with Gasteiger partial charge in [0.1, 0.15) is 0 Å². The maximum absolute atomic E-state index is 6.50. The van der Waals surface area contributed by atoms with Gasteiger partial charge in [0.15, 0.2) is 11.5 Å². The van der Waals surface area contributed by atoms with Crippen molar-refractivity contribution < 1.29 is 9.47 Å². The first-order valence-electron chi connectivity index (χ1n) is 10.1. The molecule has 0 unspecified atom stereocenters. The summed E-state index contributed by atoms with van der Waals surface area (Å²) in [4.78, 5) is 2.48. The number of likely N-dealkylation sites (tertiary alicyclic amines) is 1. The predicted molar refractivity (Wildman–Crippen MR) is 113 cm³/mol. The van der Waals surface area contributed by atoms with Crippen molar-refractivity contribution in [2.75, 3.05) is 19.9 Å². The first-order chi connectivity index (χ1) is 14.3. The third-order valence-corrected chi connectivity index (χ3v) is 6.19. The minimum Gasteiger partial charge on any atom is -0.454 e. The van der Waals surface area contributed by atoms with Crippen molar-refractivity contribution in [3.05, 3.63) is 76.1 Å². The van der Waals surface area contributed by atoms with Gasteiger partial charge in [0.2, 0.25) is 6.79 Å². The molecule has 1 N–H and O–H groups in total. The predicted octanol–water partition coefficient (Wildman–Crippen LogP) is 4.76. The van der Waals surface area contributed by atoms with Crippen molar-refractivity contribution in [2.45, 2.75) is 31.7 Å². The zero-order chi connectivity index (χ0) is 19.6. The van der Waals surface area contributed by atoms with Crippen LogP contribution in [0.2, 0.25) is 5.02 Å². The van der Waals surface area contributed by atoms with E-state index in [2.05, 4.69) is 45.4 Å². The quantitative estimate of drug-likeness (QED) is 0.659. The molecular weight excluding hydrogens is 386 g/mol. The Morgan fingerprint density at radius 3 is 2.79 bits per heavy atom. The highest BCUT2D eigenvalue weighted by Gasteiger charge is 2.26. The number of aromatic amines is 1. The van der Waals surface area contributed by atoms with Gasteiger partial charge in [0.25, 0.3) is 0 Å². The second-order valence-electron chi connectivity index (χ2n) is 7.84. The van der Waals surface area contributed by atoms with E-state index < -0.39 is 0 Å². The Hall–Kier alpha value is -2.50. The van der Waals surface area contributed by atoms with Crippen LogP contribution in [0, 0.1) is 0 Å². The summed E-state index contributed by atoms with van der Waals surface area (Å²) >= 11 is 6.50. The van der Waals surface area contributed by atoms with Crippen LogP contribution in [0.3, 0.4) is 0 Å². The van der Waals surface area contributed by atoms with Crippen LogP contribution in [0.1, 0.15) is 41.1 Å². The van der Waals surface area contributed by atoms with Crippen molar-refractivity contribution in [2.24, 2.45) is 0 Å². The summed E-state index contributed by atoms with van der Waals surface area (Å²) in [5.41, 5.74) is 4.97. The molecule has 150 valence electrons. The molecule has 0 spiro atoms. The summed E-state index contributed by atoms with van der Waals surface area (Å²) in [6.45, 7) is 3.15. The number of nitrogens with one attached hydrogen (secondary N) is 1. The number of aromatic nitrogens is 2. The molecule has 3 aromatic rings. The van der Waals surface area contributed by atoms with Crippen LogP contribution < -0.4 is 9.47 Å². The number of rotatable bonds is 5. The lowest BCUT2D eigenvalue weighted by Gasteiger charge is -2.33. The van der Waals surface area contributed by atoms with E-state index in [-0.39, 0.29) is 6.79 Å². The molecule has 0 radical (unpaired) electrons. The summed E-state index contributed by atoms with van der Waals surface area (Å²) in [5.74, 6) is 1.98. The number of fused-ring (bicyclic) bond motifs is 1. The van der Waals surface area contributed by atoms with Crippen LogP contribution in [0.4, 0.5) is 0 Å². The first kappa shape index (κ1) is 18.5. The van der Waals surface area contributed by atoms with E-state index in [1.165, 1.54) is 23.2 Å². The topological polar surface area (TPSA) is 50.4 Å². The molecule has 5 rings (SSSR count). The normalized spacial score (nSPS) is 18.9. The smallest absolute Gasteiger partial charge is 0.231 e.